The number of rotatable bonds is 6. The lowest BCUT2D eigenvalue weighted by molar-refractivity contribution is -0.133. The smallest absolute Gasteiger partial charge is 0.313 e. The highest BCUT2D eigenvalue weighted by Gasteiger charge is 2.19. The van der Waals surface area contributed by atoms with Gasteiger partial charge >= 0.3 is 5.97 Å². The molecule has 0 aliphatic heterocycles. The molecule has 0 aromatic rings. The van der Waals surface area contributed by atoms with Crippen molar-refractivity contribution < 1.29 is 14.7 Å². The number of aliphatic carboxylic acids is 1. The minimum Gasteiger partial charge on any atom is -0.481 e. The van der Waals surface area contributed by atoms with E-state index in [0.29, 0.717) is 0 Å². The first-order chi connectivity index (χ1) is 6.49. The molecule has 0 spiro atoms. The standard InChI is InChI=1S/C8H10N2O3S/c1-5(10)6(2-9)7(11)3-14-4-8(12)13/h6,10H,3-4H2,1H3,(H,12,13). The van der Waals surface area contributed by atoms with Gasteiger partial charge < -0.3 is 10.5 Å². The molecule has 1 atom stereocenters. The Labute approximate surface area is 85.6 Å². The lowest BCUT2D eigenvalue weighted by Gasteiger charge is -2.04. The Bertz CT molecular complexity index is 295. The van der Waals surface area contributed by atoms with Crippen molar-refractivity contribution in [2.75, 3.05) is 11.5 Å². The number of ketones is 1. The van der Waals surface area contributed by atoms with E-state index in [1.807, 2.05) is 0 Å². The highest BCUT2D eigenvalue weighted by Crippen LogP contribution is 2.06. The van der Waals surface area contributed by atoms with Gasteiger partial charge in [0.25, 0.3) is 0 Å². The molecule has 14 heavy (non-hydrogen) atoms. The van der Waals surface area contributed by atoms with E-state index in [4.69, 9.17) is 15.8 Å². The molecule has 0 saturated carbocycles. The highest BCUT2D eigenvalue weighted by molar-refractivity contribution is 8.00. The Morgan fingerprint density at radius 3 is 2.50 bits per heavy atom. The van der Waals surface area contributed by atoms with Crippen LogP contribution in [0.4, 0.5) is 0 Å². The third kappa shape index (κ3) is 4.62. The molecule has 0 fully saturated rings. The van der Waals surface area contributed by atoms with Gasteiger partial charge in [-0.1, -0.05) is 0 Å². The van der Waals surface area contributed by atoms with Crippen LogP contribution in [0.15, 0.2) is 0 Å². The Hall–Kier alpha value is -1.35. The lowest BCUT2D eigenvalue weighted by atomic mass is 10.0. The van der Waals surface area contributed by atoms with E-state index >= 15 is 0 Å². The minimum absolute atomic E-state index is 0.00609. The van der Waals surface area contributed by atoms with Crippen LogP contribution in [-0.4, -0.2) is 34.1 Å². The van der Waals surface area contributed by atoms with Crippen LogP contribution in [0.1, 0.15) is 6.92 Å². The van der Waals surface area contributed by atoms with E-state index in [9.17, 15) is 9.59 Å². The van der Waals surface area contributed by atoms with Gasteiger partial charge in [0.1, 0.15) is 5.92 Å². The van der Waals surface area contributed by atoms with Crippen LogP contribution in [0, 0.1) is 22.7 Å². The number of thioether (sulfide) groups is 1. The Morgan fingerprint density at radius 1 is 1.57 bits per heavy atom. The van der Waals surface area contributed by atoms with Crippen molar-refractivity contribution in [2.45, 2.75) is 6.92 Å². The van der Waals surface area contributed by atoms with Crippen LogP contribution in [0.5, 0.6) is 0 Å². The number of hydrogen-bond donors (Lipinski definition) is 2. The molecule has 0 aliphatic rings. The molecule has 0 heterocycles. The quantitative estimate of drug-likeness (QED) is 0.629. The number of nitrogens with zero attached hydrogens (tertiary/aromatic N) is 1. The van der Waals surface area contributed by atoms with Crippen LogP contribution >= 0.6 is 11.8 Å². The molecule has 6 heteroatoms. The zero-order valence-electron chi connectivity index (χ0n) is 7.61. The van der Waals surface area contributed by atoms with Gasteiger partial charge in [-0.15, -0.1) is 11.8 Å². The van der Waals surface area contributed by atoms with Crippen LogP contribution < -0.4 is 0 Å². The topological polar surface area (TPSA) is 102 Å². The average molecular weight is 214 g/mol. The van der Waals surface area contributed by atoms with Crippen molar-refractivity contribution in [3.63, 3.8) is 0 Å². The Kier molecular flexibility index (Phi) is 5.56. The molecule has 0 aromatic heterocycles. The number of carboxylic acids is 1. The van der Waals surface area contributed by atoms with E-state index in [2.05, 4.69) is 0 Å². The fraction of sp³-hybridized carbons (Fsp3) is 0.500. The van der Waals surface area contributed by atoms with Crippen molar-refractivity contribution in [1.82, 2.24) is 0 Å². The molecule has 0 aliphatic carbocycles. The van der Waals surface area contributed by atoms with E-state index in [1.165, 1.54) is 6.92 Å². The summed E-state index contributed by atoms with van der Waals surface area (Å²) < 4.78 is 0. The van der Waals surface area contributed by atoms with Crippen molar-refractivity contribution >= 4 is 29.2 Å². The number of carbonyl (C=O) groups is 2. The van der Waals surface area contributed by atoms with Gasteiger partial charge in [0.15, 0.2) is 5.78 Å². The summed E-state index contributed by atoms with van der Waals surface area (Å²) >= 11 is 0.934. The maximum atomic E-state index is 11.2. The lowest BCUT2D eigenvalue weighted by Crippen LogP contribution is -2.22. The molecule has 5 nitrogen and oxygen atoms in total. The molecule has 0 rings (SSSR count). The highest BCUT2D eigenvalue weighted by atomic mass is 32.2. The van der Waals surface area contributed by atoms with Gasteiger partial charge in [0.2, 0.25) is 0 Å². The summed E-state index contributed by atoms with van der Waals surface area (Å²) in [7, 11) is 0. The maximum absolute atomic E-state index is 11.2. The first-order valence-corrected chi connectivity index (χ1v) is 4.91. The number of carboxylic acid groups (broad SMARTS) is 1. The zero-order chi connectivity index (χ0) is 11.1. The summed E-state index contributed by atoms with van der Waals surface area (Å²) in [5.74, 6) is -2.65. The van der Waals surface area contributed by atoms with Crippen LogP contribution in [-0.2, 0) is 9.59 Å². The molecule has 2 N–H and O–H groups in total. The van der Waals surface area contributed by atoms with Crippen molar-refractivity contribution in [3.8, 4) is 6.07 Å². The molecule has 0 radical (unpaired) electrons. The van der Waals surface area contributed by atoms with E-state index in [-0.39, 0.29) is 17.2 Å². The second-order valence-corrected chi connectivity index (χ2v) is 3.58. The van der Waals surface area contributed by atoms with E-state index in [1.54, 1.807) is 6.07 Å². The van der Waals surface area contributed by atoms with Crippen LogP contribution in [0.3, 0.4) is 0 Å². The fourth-order valence-corrected chi connectivity index (χ4v) is 1.38. The summed E-state index contributed by atoms with van der Waals surface area (Å²) in [6, 6.07) is 1.70. The van der Waals surface area contributed by atoms with Crippen molar-refractivity contribution in [3.05, 3.63) is 0 Å². The number of carbonyl (C=O) groups excluding carboxylic acids is 1. The van der Waals surface area contributed by atoms with Gasteiger partial charge in [-0.2, -0.15) is 5.26 Å². The third-order valence-electron chi connectivity index (χ3n) is 1.35. The fourth-order valence-electron chi connectivity index (χ4n) is 0.733. The van der Waals surface area contributed by atoms with Crippen LogP contribution in [0.25, 0.3) is 0 Å². The molecule has 0 bridgehead atoms. The summed E-state index contributed by atoms with van der Waals surface area (Å²) in [6.45, 7) is 1.38. The zero-order valence-corrected chi connectivity index (χ0v) is 8.43. The number of nitrogens with one attached hydrogen (secondary N) is 1. The molecule has 0 saturated heterocycles. The third-order valence-corrected chi connectivity index (χ3v) is 2.29. The van der Waals surface area contributed by atoms with Gasteiger partial charge in [0, 0.05) is 5.71 Å². The monoisotopic (exact) mass is 214 g/mol. The van der Waals surface area contributed by atoms with E-state index in [0.717, 1.165) is 11.8 Å². The van der Waals surface area contributed by atoms with Gasteiger partial charge in [-0.3, -0.25) is 9.59 Å². The van der Waals surface area contributed by atoms with Gasteiger partial charge in [-0.05, 0) is 6.92 Å². The SMILES string of the molecule is CC(=N)C(C#N)C(=O)CSCC(=O)O. The predicted octanol–water partition coefficient (Wildman–Crippen LogP) is 0.553. The second kappa shape index (κ2) is 6.16. The van der Waals surface area contributed by atoms with Gasteiger partial charge in [0.05, 0.1) is 17.6 Å². The Morgan fingerprint density at radius 2 is 2.14 bits per heavy atom. The minimum atomic E-state index is -1.03. The number of nitriles is 1. The number of hydrogen-bond acceptors (Lipinski definition) is 5. The predicted molar refractivity (Wildman–Crippen MR) is 52.5 cm³/mol. The number of Topliss-reactive ketones (excluding diaryl/α,β-unsaturated/α-hetero) is 1. The first-order valence-electron chi connectivity index (χ1n) is 3.76. The second-order valence-electron chi connectivity index (χ2n) is 2.60. The van der Waals surface area contributed by atoms with Crippen molar-refractivity contribution in [1.29, 1.82) is 10.7 Å². The Balaban J connectivity index is 4.02. The normalized spacial score (nSPS) is 11.4. The molecule has 0 aromatic carbocycles. The molecule has 76 valence electrons. The van der Waals surface area contributed by atoms with E-state index < -0.39 is 17.7 Å². The summed E-state index contributed by atoms with van der Waals surface area (Å²) in [5.41, 5.74) is -0.00609. The molecule has 1 unspecified atom stereocenters. The summed E-state index contributed by atoms with van der Waals surface area (Å²) in [4.78, 5) is 21.3. The first kappa shape index (κ1) is 12.7. The van der Waals surface area contributed by atoms with Crippen LogP contribution in [0.2, 0.25) is 0 Å². The summed E-state index contributed by atoms with van der Waals surface area (Å²) in [6.07, 6.45) is 0. The molecular formula is C8H10N2O3S. The largest absolute Gasteiger partial charge is 0.481 e. The molecular weight excluding hydrogens is 204 g/mol. The summed E-state index contributed by atoms with van der Waals surface area (Å²) in [5, 5.41) is 24.0. The average Bonchev–Trinajstić information content (AvgIpc) is 2.03. The van der Waals surface area contributed by atoms with Gasteiger partial charge in [-0.25, -0.2) is 0 Å². The van der Waals surface area contributed by atoms with Crippen molar-refractivity contribution in [2.24, 2.45) is 5.92 Å². The molecule has 0 amide bonds. The maximum Gasteiger partial charge on any atom is 0.313 e.